The van der Waals surface area contributed by atoms with Gasteiger partial charge in [0.05, 0.1) is 6.10 Å². The van der Waals surface area contributed by atoms with Gasteiger partial charge in [0, 0.05) is 22.6 Å². The predicted molar refractivity (Wildman–Crippen MR) is 80.1 cm³/mol. The minimum atomic E-state index is -0.467. The molecule has 1 aromatic carbocycles. The highest BCUT2D eigenvalue weighted by atomic mass is 79.9. The molecule has 0 saturated heterocycles. The van der Waals surface area contributed by atoms with Crippen molar-refractivity contribution in [3.05, 3.63) is 55.6 Å². The molecular formula is C13H13BrClNOS. The lowest BCUT2D eigenvalue weighted by Gasteiger charge is -2.11. The highest BCUT2D eigenvalue weighted by Gasteiger charge is 2.07. The van der Waals surface area contributed by atoms with E-state index in [9.17, 15) is 5.11 Å². The Balaban J connectivity index is 1.85. The lowest BCUT2D eigenvalue weighted by Crippen LogP contribution is -2.20. The van der Waals surface area contributed by atoms with Crippen molar-refractivity contribution < 1.29 is 5.11 Å². The first kappa shape index (κ1) is 14.0. The molecule has 0 saturated carbocycles. The fourth-order valence-electron chi connectivity index (χ4n) is 1.59. The molecule has 0 aliphatic rings. The van der Waals surface area contributed by atoms with Gasteiger partial charge < -0.3 is 10.4 Å². The van der Waals surface area contributed by atoms with Crippen LogP contribution in [0, 0.1) is 0 Å². The smallest absolute Gasteiger partial charge is 0.0922 e. The topological polar surface area (TPSA) is 32.3 Å². The van der Waals surface area contributed by atoms with E-state index >= 15 is 0 Å². The Morgan fingerprint density at radius 2 is 2.22 bits per heavy atom. The molecule has 18 heavy (non-hydrogen) atoms. The van der Waals surface area contributed by atoms with Crippen LogP contribution in [0.1, 0.15) is 17.2 Å². The first-order valence-electron chi connectivity index (χ1n) is 5.51. The van der Waals surface area contributed by atoms with Gasteiger partial charge in [-0.3, -0.25) is 0 Å². The van der Waals surface area contributed by atoms with E-state index in [4.69, 9.17) is 11.6 Å². The summed E-state index contributed by atoms with van der Waals surface area (Å²) < 4.78 is 0.967. The lowest BCUT2D eigenvalue weighted by atomic mass is 10.2. The van der Waals surface area contributed by atoms with Gasteiger partial charge in [-0.05, 0) is 40.1 Å². The maximum absolute atomic E-state index is 9.90. The van der Waals surface area contributed by atoms with Crippen LogP contribution >= 0.6 is 38.9 Å². The highest BCUT2D eigenvalue weighted by Crippen LogP contribution is 2.21. The number of rotatable bonds is 5. The average Bonchev–Trinajstić information content (AvgIpc) is 2.85. The normalized spacial score (nSPS) is 12.6. The third-order valence-corrected chi connectivity index (χ3v) is 4.14. The van der Waals surface area contributed by atoms with Crippen molar-refractivity contribution in [2.75, 3.05) is 6.54 Å². The minimum absolute atomic E-state index is 0.467. The molecule has 1 atom stereocenters. The van der Waals surface area contributed by atoms with E-state index in [0.29, 0.717) is 13.1 Å². The Morgan fingerprint density at radius 1 is 1.39 bits per heavy atom. The van der Waals surface area contributed by atoms with Crippen LogP contribution in [0.3, 0.4) is 0 Å². The van der Waals surface area contributed by atoms with Crippen molar-refractivity contribution in [1.82, 2.24) is 5.32 Å². The van der Waals surface area contributed by atoms with Gasteiger partial charge in [-0.15, -0.1) is 0 Å². The summed E-state index contributed by atoms with van der Waals surface area (Å²) in [6.07, 6.45) is -0.467. The second kappa shape index (κ2) is 6.68. The number of aliphatic hydroxyl groups excluding tert-OH is 1. The fourth-order valence-corrected chi connectivity index (χ4v) is 3.04. The molecule has 0 aliphatic carbocycles. The molecule has 5 heteroatoms. The summed E-state index contributed by atoms with van der Waals surface area (Å²) in [5.74, 6) is 0. The summed E-state index contributed by atoms with van der Waals surface area (Å²) in [5, 5.41) is 17.8. The van der Waals surface area contributed by atoms with Crippen molar-refractivity contribution >= 4 is 38.9 Å². The first-order valence-corrected chi connectivity index (χ1v) is 7.63. The van der Waals surface area contributed by atoms with Gasteiger partial charge in [-0.25, -0.2) is 0 Å². The van der Waals surface area contributed by atoms with Crippen LogP contribution in [0.4, 0.5) is 0 Å². The summed E-state index contributed by atoms with van der Waals surface area (Å²) in [7, 11) is 0. The Morgan fingerprint density at radius 3 is 2.89 bits per heavy atom. The van der Waals surface area contributed by atoms with Gasteiger partial charge in [0.1, 0.15) is 0 Å². The zero-order valence-corrected chi connectivity index (χ0v) is 12.7. The van der Waals surface area contributed by atoms with E-state index in [1.807, 2.05) is 35.0 Å². The van der Waals surface area contributed by atoms with E-state index < -0.39 is 6.10 Å². The SMILES string of the molecule is OC(CNCc1ccc(Br)cc1Cl)c1ccsc1. The number of thiophene rings is 1. The Labute approximate surface area is 124 Å². The second-order valence-corrected chi connectivity index (χ2v) is 6.04. The van der Waals surface area contributed by atoms with Crippen molar-refractivity contribution in [2.24, 2.45) is 0 Å². The molecule has 2 aromatic rings. The van der Waals surface area contributed by atoms with E-state index in [0.717, 1.165) is 20.6 Å². The van der Waals surface area contributed by atoms with Gasteiger partial charge in [-0.2, -0.15) is 11.3 Å². The Bertz CT molecular complexity index is 504. The predicted octanol–water partition coefficient (Wildman–Crippen LogP) is 3.99. The fraction of sp³-hybridized carbons (Fsp3) is 0.231. The minimum Gasteiger partial charge on any atom is -0.387 e. The van der Waals surface area contributed by atoms with E-state index in [-0.39, 0.29) is 0 Å². The summed E-state index contributed by atoms with van der Waals surface area (Å²) in [6.45, 7) is 1.16. The Kier molecular flexibility index (Phi) is 5.21. The summed E-state index contributed by atoms with van der Waals surface area (Å²) in [6, 6.07) is 7.73. The van der Waals surface area contributed by atoms with Crippen molar-refractivity contribution in [3.8, 4) is 0 Å². The van der Waals surface area contributed by atoms with Crippen LogP contribution in [0.2, 0.25) is 5.02 Å². The molecule has 0 fully saturated rings. The van der Waals surface area contributed by atoms with Crippen LogP contribution in [0.25, 0.3) is 0 Å². The second-order valence-electron chi connectivity index (χ2n) is 3.94. The molecule has 2 rings (SSSR count). The van der Waals surface area contributed by atoms with Crippen LogP contribution in [-0.4, -0.2) is 11.7 Å². The van der Waals surface area contributed by atoms with Gasteiger partial charge in [0.25, 0.3) is 0 Å². The molecule has 2 nitrogen and oxygen atoms in total. The molecule has 1 unspecified atom stereocenters. The number of benzene rings is 1. The number of halogens is 2. The zero-order valence-electron chi connectivity index (χ0n) is 9.57. The highest BCUT2D eigenvalue weighted by molar-refractivity contribution is 9.10. The number of hydrogen-bond donors (Lipinski definition) is 2. The molecular weight excluding hydrogens is 334 g/mol. The molecule has 2 N–H and O–H groups in total. The molecule has 0 aliphatic heterocycles. The third-order valence-electron chi connectivity index (χ3n) is 2.60. The molecule has 0 spiro atoms. The molecule has 0 bridgehead atoms. The van der Waals surface area contributed by atoms with Gasteiger partial charge in [0.2, 0.25) is 0 Å². The van der Waals surface area contributed by atoms with Crippen LogP contribution < -0.4 is 5.32 Å². The summed E-state index contributed by atoms with van der Waals surface area (Å²) in [5.41, 5.74) is 1.98. The standard InChI is InChI=1S/C13H13BrClNOS/c14-11-2-1-9(12(15)5-11)6-16-7-13(17)10-3-4-18-8-10/h1-5,8,13,16-17H,6-7H2. The molecule has 1 heterocycles. The molecule has 96 valence electrons. The van der Waals surface area contributed by atoms with Gasteiger partial charge >= 0.3 is 0 Å². The molecule has 0 radical (unpaired) electrons. The number of nitrogens with one attached hydrogen (secondary N) is 1. The number of aliphatic hydroxyl groups is 1. The van der Waals surface area contributed by atoms with Crippen LogP contribution in [-0.2, 0) is 6.54 Å². The van der Waals surface area contributed by atoms with E-state index in [1.54, 1.807) is 11.3 Å². The van der Waals surface area contributed by atoms with Crippen LogP contribution in [0.5, 0.6) is 0 Å². The van der Waals surface area contributed by atoms with E-state index in [1.165, 1.54) is 0 Å². The lowest BCUT2D eigenvalue weighted by molar-refractivity contribution is 0.175. The monoisotopic (exact) mass is 345 g/mol. The summed E-state index contributed by atoms with van der Waals surface area (Å²) in [4.78, 5) is 0. The van der Waals surface area contributed by atoms with Gasteiger partial charge in [0.15, 0.2) is 0 Å². The number of hydrogen-bond acceptors (Lipinski definition) is 3. The largest absolute Gasteiger partial charge is 0.387 e. The molecule has 1 aromatic heterocycles. The quantitative estimate of drug-likeness (QED) is 0.858. The maximum atomic E-state index is 9.90. The van der Waals surface area contributed by atoms with Crippen molar-refractivity contribution in [1.29, 1.82) is 0 Å². The Hall–Kier alpha value is -0.390. The summed E-state index contributed by atoms with van der Waals surface area (Å²) >= 11 is 11.1. The zero-order chi connectivity index (χ0) is 13.0. The third kappa shape index (κ3) is 3.80. The van der Waals surface area contributed by atoms with Crippen molar-refractivity contribution in [2.45, 2.75) is 12.6 Å². The maximum Gasteiger partial charge on any atom is 0.0922 e. The van der Waals surface area contributed by atoms with E-state index in [2.05, 4.69) is 21.2 Å². The van der Waals surface area contributed by atoms with Crippen molar-refractivity contribution in [3.63, 3.8) is 0 Å². The van der Waals surface area contributed by atoms with Gasteiger partial charge in [-0.1, -0.05) is 33.6 Å². The average molecular weight is 347 g/mol. The van der Waals surface area contributed by atoms with Crippen LogP contribution in [0.15, 0.2) is 39.5 Å². The molecule has 0 amide bonds. The first-order chi connectivity index (χ1) is 8.66.